The average Bonchev–Trinajstić information content (AvgIpc) is 4.07. The van der Waals surface area contributed by atoms with E-state index in [2.05, 4.69) is 238 Å². The van der Waals surface area contributed by atoms with Crippen molar-refractivity contribution in [3.05, 3.63) is 243 Å². The van der Waals surface area contributed by atoms with E-state index in [0.29, 0.717) is 17.6 Å². The van der Waals surface area contributed by atoms with E-state index in [-0.39, 0.29) is 0 Å². The van der Waals surface area contributed by atoms with Crippen LogP contribution in [0.15, 0.2) is 243 Å². The molecule has 69 heavy (non-hydrogen) atoms. The second-order valence-corrected chi connectivity index (χ2v) is 17.6. The number of para-hydroxylation sites is 5. The molecule has 0 saturated heterocycles. The summed E-state index contributed by atoms with van der Waals surface area (Å²) in [7, 11) is 0. The molecule has 14 rings (SSSR count). The van der Waals surface area contributed by atoms with E-state index in [9.17, 15) is 0 Å². The molecule has 6 heteroatoms. The van der Waals surface area contributed by atoms with Crippen LogP contribution in [-0.2, 0) is 0 Å². The van der Waals surface area contributed by atoms with E-state index in [1.165, 1.54) is 10.9 Å². The Hall–Kier alpha value is -9.39. The summed E-state index contributed by atoms with van der Waals surface area (Å²) in [5.41, 5.74) is 15.0. The van der Waals surface area contributed by atoms with Crippen LogP contribution in [0.5, 0.6) is 0 Å². The monoisotopic (exact) mass is 880 g/mol. The maximum absolute atomic E-state index is 5.60. The lowest BCUT2D eigenvalue weighted by Crippen LogP contribution is -2.07. The van der Waals surface area contributed by atoms with Gasteiger partial charge in [-0.1, -0.05) is 194 Å². The standard InChI is InChI=1S/C63H40N6/c1-5-20-41(21-6-1)44-36-37-46(42-22-7-2-8-23-42)57(40-44)68-55-35-18-15-30-51(55)58-56(68)39-38-50-48-29-14-17-34-54(48)69(60(50)58)63-65-61(43-24-9-3-10-25-43)64-62(66-63)52-32-19-31-49-47-28-13-16-33-53(47)67(59(49)52)45-26-11-4-12-27-45/h1-40H. The molecule has 14 aromatic rings. The van der Waals surface area contributed by atoms with Crippen LogP contribution in [0.1, 0.15) is 0 Å². The Labute approximate surface area is 397 Å². The first kappa shape index (κ1) is 38.8. The van der Waals surface area contributed by atoms with Crippen molar-refractivity contribution in [1.29, 1.82) is 0 Å². The lowest BCUT2D eigenvalue weighted by molar-refractivity contribution is 0.955. The van der Waals surface area contributed by atoms with Crippen LogP contribution in [0.2, 0.25) is 0 Å². The van der Waals surface area contributed by atoms with Crippen LogP contribution < -0.4 is 0 Å². The van der Waals surface area contributed by atoms with E-state index >= 15 is 0 Å². The van der Waals surface area contributed by atoms with Gasteiger partial charge in [-0.3, -0.25) is 4.57 Å². The van der Waals surface area contributed by atoms with Gasteiger partial charge < -0.3 is 9.13 Å². The number of aromatic nitrogens is 6. The third-order valence-electron chi connectivity index (χ3n) is 13.7. The minimum absolute atomic E-state index is 0.546. The van der Waals surface area contributed by atoms with Gasteiger partial charge in [-0.2, -0.15) is 9.97 Å². The topological polar surface area (TPSA) is 53.5 Å². The Balaban J connectivity index is 1.10. The summed E-state index contributed by atoms with van der Waals surface area (Å²) in [6.07, 6.45) is 0. The summed E-state index contributed by atoms with van der Waals surface area (Å²) in [5.74, 6) is 1.74. The molecule has 0 bridgehead atoms. The zero-order chi connectivity index (χ0) is 45.4. The van der Waals surface area contributed by atoms with Crippen LogP contribution in [0, 0.1) is 0 Å². The lowest BCUT2D eigenvalue weighted by Gasteiger charge is -2.16. The fourth-order valence-corrected chi connectivity index (χ4v) is 10.7. The van der Waals surface area contributed by atoms with Crippen LogP contribution in [-0.4, -0.2) is 28.7 Å². The highest BCUT2D eigenvalue weighted by atomic mass is 15.2. The van der Waals surface area contributed by atoms with Crippen molar-refractivity contribution in [2.75, 3.05) is 0 Å². The predicted molar refractivity (Wildman–Crippen MR) is 285 cm³/mol. The molecule has 322 valence electrons. The van der Waals surface area contributed by atoms with Crippen LogP contribution >= 0.6 is 0 Å². The molecule has 0 fully saturated rings. The van der Waals surface area contributed by atoms with Gasteiger partial charge in [0.2, 0.25) is 5.95 Å². The SMILES string of the molecule is c1ccc(-c2ccc(-c3ccccc3)c(-n3c4ccccc4c4c3ccc3c5ccccc5n(-c5nc(-c6ccccc6)nc(-c6cccc7c8ccccc8n(-c8ccccc8)c67)n5)c34)c2)cc1. The van der Waals surface area contributed by atoms with Gasteiger partial charge >= 0.3 is 0 Å². The fourth-order valence-electron chi connectivity index (χ4n) is 10.7. The van der Waals surface area contributed by atoms with Crippen molar-refractivity contribution in [3.63, 3.8) is 0 Å². The highest BCUT2D eigenvalue weighted by Crippen LogP contribution is 2.45. The van der Waals surface area contributed by atoms with Crippen LogP contribution in [0.3, 0.4) is 0 Å². The Morgan fingerprint density at radius 1 is 0.275 bits per heavy atom. The Kier molecular flexibility index (Phi) is 8.79. The third-order valence-corrected chi connectivity index (χ3v) is 13.7. The molecule has 4 heterocycles. The molecule has 0 aliphatic rings. The molecule has 0 N–H and O–H groups in total. The minimum atomic E-state index is 0.546. The number of nitrogens with zero attached hydrogens (tertiary/aromatic N) is 6. The summed E-state index contributed by atoms with van der Waals surface area (Å²) in [6.45, 7) is 0. The molecular formula is C63H40N6. The molecule has 0 aliphatic heterocycles. The summed E-state index contributed by atoms with van der Waals surface area (Å²) in [5, 5.41) is 6.81. The van der Waals surface area contributed by atoms with Crippen molar-refractivity contribution in [2.24, 2.45) is 0 Å². The smallest absolute Gasteiger partial charge is 0.238 e. The van der Waals surface area contributed by atoms with Crippen molar-refractivity contribution in [1.82, 2.24) is 28.7 Å². The van der Waals surface area contributed by atoms with Crippen LogP contribution in [0.4, 0.5) is 0 Å². The van der Waals surface area contributed by atoms with Gasteiger partial charge in [-0.05, 0) is 65.2 Å². The van der Waals surface area contributed by atoms with E-state index in [4.69, 9.17) is 15.0 Å². The highest BCUT2D eigenvalue weighted by molar-refractivity contribution is 6.26. The maximum Gasteiger partial charge on any atom is 0.238 e. The molecular weight excluding hydrogens is 841 g/mol. The first-order valence-corrected chi connectivity index (χ1v) is 23.4. The normalized spacial score (nSPS) is 11.8. The van der Waals surface area contributed by atoms with Gasteiger partial charge in [0.1, 0.15) is 0 Å². The largest absolute Gasteiger partial charge is 0.309 e. The molecule has 6 nitrogen and oxygen atoms in total. The zero-order valence-corrected chi connectivity index (χ0v) is 37.3. The Bertz CT molecular complexity index is 4280. The first-order chi connectivity index (χ1) is 34.3. The van der Waals surface area contributed by atoms with Gasteiger partial charge in [0.15, 0.2) is 11.6 Å². The number of hydrogen-bond acceptors (Lipinski definition) is 3. The zero-order valence-electron chi connectivity index (χ0n) is 37.3. The number of benzene rings is 10. The minimum Gasteiger partial charge on any atom is -0.309 e. The van der Waals surface area contributed by atoms with Crippen molar-refractivity contribution >= 4 is 65.4 Å². The van der Waals surface area contributed by atoms with Crippen LogP contribution in [0.25, 0.3) is 128 Å². The number of rotatable bonds is 7. The van der Waals surface area contributed by atoms with Crippen molar-refractivity contribution in [2.45, 2.75) is 0 Å². The summed E-state index contributed by atoms with van der Waals surface area (Å²) in [4.78, 5) is 16.4. The average molecular weight is 881 g/mol. The molecule has 0 amide bonds. The Morgan fingerprint density at radius 2 is 0.812 bits per heavy atom. The number of hydrogen-bond donors (Lipinski definition) is 0. The van der Waals surface area contributed by atoms with E-state index in [0.717, 1.165) is 99.2 Å². The van der Waals surface area contributed by atoms with Crippen molar-refractivity contribution in [3.8, 4) is 62.4 Å². The van der Waals surface area contributed by atoms with Crippen molar-refractivity contribution < 1.29 is 0 Å². The second kappa shape index (κ2) is 15.6. The Morgan fingerprint density at radius 3 is 1.51 bits per heavy atom. The lowest BCUT2D eigenvalue weighted by atomic mass is 9.98. The van der Waals surface area contributed by atoms with Gasteiger partial charge in [0.25, 0.3) is 0 Å². The molecule has 0 aliphatic carbocycles. The molecule has 0 spiro atoms. The van der Waals surface area contributed by atoms with E-state index in [1.807, 2.05) is 18.2 Å². The molecule has 0 saturated carbocycles. The third kappa shape index (κ3) is 6.09. The van der Waals surface area contributed by atoms with E-state index < -0.39 is 0 Å². The molecule has 0 atom stereocenters. The first-order valence-electron chi connectivity index (χ1n) is 23.4. The molecule has 0 radical (unpaired) electrons. The predicted octanol–water partition coefficient (Wildman–Crippen LogP) is 15.8. The summed E-state index contributed by atoms with van der Waals surface area (Å²) >= 11 is 0. The maximum atomic E-state index is 5.60. The fraction of sp³-hybridized carbons (Fsp3) is 0. The highest BCUT2D eigenvalue weighted by Gasteiger charge is 2.25. The van der Waals surface area contributed by atoms with Gasteiger partial charge in [-0.15, -0.1) is 0 Å². The molecule has 0 unspecified atom stereocenters. The second-order valence-electron chi connectivity index (χ2n) is 17.6. The summed E-state index contributed by atoms with van der Waals surface area (Å²) < 4.78 is 7.09. The van der Waals surface area contributed by atoms with Gasteiger partial charge in [0, 0.05) is 54.7 Å². The summed E-state index contributed by atoms with van der Waals surface area (Å²) in [6, 6.07) is 86.2. The number of fused-ring (bicyclic) bond motifs is 10. The van der Waals surface area contributed by atoms with Gasteiger partial charge in [0.05, 0.1) is 38.8 Å². The quantitative estimate of drug-likeness (QED) is 0.160. The van der Waals surface area contributed by atoms with Gasteiger partial charge in [-0.25, -0.2) is 4.98 Å². The molecule has 10 aromatic carbocycles. The molecule has 4 aromatic heterocycles. The van der Waals surface area contributed by atoms with E-state index in [1.54, 1.807) is 0 Å².